The lowest BCUT2D eigenvalue weighted by Crippen LogP contribution is -2.17. The summed E-state index contributed by atoms with van der Waals surface area (Å²) in [6, 6.07) is 0. The summed E-state index contributed by atoms with van der Waals surface area (Å²) in [5.41, 5.74) is 5.11. The van der Waals surface area contributed by atoms with E-state index in [1.165, 1.54) is 13.1 Å². The number of hydrogen-bond donors (Lipinski definition) is 3. The second-order valence-corrected chi connectivity index (χ2v) is 3.17. The van der Waals surface area contributed by atoms with Gasteiger partial charge < -0.3 is 16.2 Å². The van der Waals surface area contributed by atoms with Crippen LogP contribution in [0.5, 0.6) is 0 Å². The van der Waals surface area contributed by atoms with Gasteiger partial charge in [-0.3, -0.25) is 9.59 Å². The van der Waals surface area contributed by atoms with Gasteiger partial charge in [0.2, 0.25) is 5.91 Å². The molecule has 0 aromatic carbocycles. The van der Waals surface area contributed by atoms with E-state index in [-0.39, 0.29) is 43.1 Å². The molecule has 0 radical (unpaired) electrons. The summed E-state index contributed by atoms with van der Waals surface area (Å²) in [6.45, 7) is 0.196. The van der Waals surface area contributed by atoms with E-state index in [0.29, 0.717) is 0 Å². The molecular weight excluding hydrogens is 212 g/mol. The second-order valence-electron chi connectivity index (χ2n) is 3.17. The summed E-state index contributed by atoms with van der Waals surface area (Å²) in [5, 5.41) is 11.1. The lowest BCUT2D eigenvalue weighted by molar-refractivity contribution is -0.133. The number of rotatable bonds is 7. The van der Waals surface area contributed by atoms with Crippen molar-refractivity contribution in [2.45, 2.75) is 19.3 Å². The van der Waals surface area contributed by atoms with Crippen LogP contribution >= 0.6 is 0 Å². The number of ketones is 1. The third-order valence-electron chi connectivity index (χ3n) is 1.90. The first-order valence-corrected chi connectivity index (χ1v) is 4.86. The van der Waals surface area contributed by atoms with Gasteiger partial charge in [-0.2, -0.15) is 0 Å². The number of amides is 1. The van der Waals surface area contributed by atoms with E-state index in [1.807, 2.05) is 0 Å². The molecule has 0 aliphatic heterocycles. The minimum absolute atomic E-state index is 0.0476. The van der Waals surface area contributed by atoms with E-state index >= 15 is 0 Å². The molecule has 6 heteroatoms. The monoisotopic (exact) mass is 228 g/mol. The molecule has 90 valence electrons. The summed E-state index contributed by atoms with van der Waals surface area (Å²) in [4.78, 5) is 32.8. The van der Waals surface area contributed by atoms with Crippen molar-refractivity contribution in [2.24, 2.45) is 5.73 Å². The SMILES string of the molecule is CNC(=O)C/C=C(/CC(=O)CCN)C(=O)O. The number of carboxylic acids is 1. The van der Waals surface area contributed by atoms with Crippen molar-refractivity contribution in [2.75, 3.05) is 13.6 Å². The zero-order valence-corrected chi connectivity index (χ0v) is 9.16. The molecule has 0 aromatic rings. The van der Waals surface area contributed by atoms with Gasteiger partial charge in [0.05, 0.1) is 0 Å². The number of carboxylic acid groups (broad SMARTS) is 1. The Hall–Kier alpha value is -1.69. The van der Waals surface area contributed by atoms with Crippen molar-refractivity contribution in [1.82, 2.24) is 5.32 Å². The average molecular weight is 228 g/mol. The summed E-state index contributed by atoms with van der Waals surface area (Å²) in [6.07, 6.45) is 1.15. The van der Waals surface area contributed by atoms with Gasteiger partial charge in [-0.1, -0.05) is 6.08 Å². The summed E-state index contributed by atoms with van der Waals surface area (Å²) >= 11 is 0. The first kappa shape index (κ1) is 14.3. The Kier molecular flexibility index (Phi) is 6.78. The highest BCUT2D eigenvalue weighted by atomic mass is 16.4. The molecule has 4 N–H and O–H groups in total. The molecule has 0 saturated heterocycles. The largest absolute Gasteiger partial charge is 0.478 e. The molecule has 0 atom stereocenters. The Morgan fingerprint density at radius 2 is 2.00 bits per heavy atom. The van der Waals surface area contributed by atoms with Crippen LogP contribution < -0.4 is 11.1 Å². The molecule has 0 saturated carbocycles. The number of nitrogens with one attached hydrogen (secondary N) is 1. The van der Waals surface area contributed by atoms with E-state index in [9.17, 15) is 14.4 Å². The fourth-order valence-corrected chi connectivity index (χ4v) is 1.01. The Balaban J connectivity index is 4.43. The first-order chi connectivity index (χ1) is 7.51. The predicted octanol–water partition coefficient (Wildman–Crippen LogP) is -0.558. The third kappa shape index (κ3) is 5.92. The number of Topliss-reactive ketones (excluding diaryl/α,β-unsaturated/α-hetero) is 1. The highest BCUT2D eigenvalue weighted by molar-refractivity contribution is 5.95. The van der Waals surface area contributed by atoms with Crippen LogP contribution in [0, 0.1) is 0 Å². The number of carbonyl (C=O) groups is 3. The minimum atomic E-state index is -1.19. The molecule has 0 fully saturated rings. The fourth-order valence-electron chi connectivity index (χ4n) is 1.01. The van der Waals surface area contributed by atoms with E-state index in [1.54, 1.807) is 0 Å². The van der Waals surface area contributed by atoms with Gasteiger partial charge in [0.25, 0.3) is 0 Å². The van der Waals surface area contributed by atoms with Crippen molar-refractivity contribution >= 4 is 17.7 Å². The maximum absolute atomic E-state index is 11.2. The minimum Gasteiger partial charge on any atom is -0.478 e. The van der Waals surface area contributed by atoms with Crippen LogP contribution in [0.25, 0.3) is 0 Å². The molecule has 0 unspecified atom stereocenters. The van der Waals surface area contributed by atoms with Gasteiger partial charge in [0.1, 0.15) is 5.78 Å². The smallest absolute Gasteiger partial charge is 0.331 e. The standard InChI is InChI=1S/C10H16N2O4/c1-12-9(14)3-2-7(10(15)16)6-8(13)4-5-11/h2H,3-6,11H2,1H3,(H,12,14)(H,15,16)/b7-2-. The Morgan fingerprint density at radius 3 is 2.44 bits per heavy atom. The lowest BCUT2D eigenvalue weighted by atomic mass is 10.1. The maximum atomic E-state index is 11.2. The van der Waals surface area contributed by atoms with Gasteiger partial charge >= 0.3 is 5.97 Å². The van der Waals surface area contributed by atoms with Gasteiger partial charge in [-0.25, -0.2) is 4.79 Å². The van der Waals surface area contributed by atoms with E-state index < -0.39 is 5.97 Å². The first-order valence-electron chi connectivity index (χ1n) is 4.86. The van der Waals surface area contributed by atoms with E-state index in [0.717, 1.165) is 0 Å². The number of nitrogens with two attached hydrogens (primary N) is 1. The zero-order chi connectivity index (χ0) is 12.6. The van der Waals surface area contributed by atoms with Crippen molar-refractivity contribution in [3.8, 4) is 0 Å². The van der Waals surface area contributed by atoms with E-state index in [4.69, 9.17) is 10.8 Å². The van der Waals surface area contributed by atoms with E-state index in [2.05, 4.69) is 5.32 Å². The number of carbonyl (C=O) groups excluding carboxylic acids is 2. The normalized spacial score (nSPS) is 11.0. The quantitative estimate of drug-likeness (QED) is 0.506. The molecule has 1 amide bonds. The van der Waals surface area contributed by atoms with Crippen molar-refractivity contribution in [3.63, 3.8) is 0 Å². The zero-order valence-electron chi connectivity index (χ0n) is 9.16. The van der Waals surface area contributed by atoms with Crippen LogP contribution in [0.2, 0.25) is 0 Å². The van der Waals surface area contributed by atoms with Gasteiger partial charge in [0, 0.05) is 31.9 Å². The summed E-state index contributed by atoms with van der Waals surface area (Å²) in [7, 11) is 1.45. The molecule has 0 bridgehead atoms. The van der Waals surface area contributed by atoms with Crippen molar-refractivity contribution in [3.05, 3.63) is 11.6 Å². The second kappa shape index (κ2) is 7.58. The van der Waals surface area contributed by atoms with Crippen LogP contribution in [-0.2, 0) is 14.4 Å². The molecule has 16 heavy (non-hydrogen) atoms. The van der Waals surface area contributed by atoms with Crippen LogP contribution in [0.15, 0.2) is 11.6 Å². The lowest BCUT2D eigenvalue weighted by Gasteiger charge is -2.01. The molecule has 0 heterocycles. The Morgan fingerprint density at radius 1 is 1.38 bits per heavy atom. The van der Waals surface area contributed by atoms with Crippen LogP contribution in [0.3, 0.4) is 0 Å². The van der Waals surface area contributed by atoms with Gasteiger partial charge in [-0.15, -0.1) is 0 Å². The molecular formula is C10H16N2O4. The number of hydrogen-bond acceptors (Lipinski definition) is 4. The highest BCUT2D eigenvalue weighted by Crippen LogP contribution is 2.05. The molecule has 0 aromatic heterocycles. The maximum Gasteiger partial charge on any atom is 0.331 e. The van der Waals surface area contributed by atoms with Crippen LogP contribution in [-0.4, -0.2) is 36.4 Å². The molecule has 0 spiro atoms. The Labute approximate surface area is 93.5 Å². The molecule has 6 nitrogen and oxygen atoms in total. The molecule has 0 aliphatic rings. The topological polar surface area (TPSA) is 109 Å². The summed E-state index contributed by atoms with van der Waals surface area (Å²) < 4.78 is 0. The Bertz CT molecular complexity index is 310. The summed E-state index contributed by atoms with van der Waals surface area (Å²) in [5.74, 6) is -1.73. The highest BCUT2D eigenvalue weighted by Gasteiger charge is 2.12. The average Bonchev–Trinajstić information content (AvgIpc) is 2.23. The van der Waals surface area contributed by atoms with Crippen LogP contribution in [0.1, 0.15) is 19.3 Å². The van der Waals surface area contributed by atoms with Crippen molar-refractivity contribution < 1.29 is 19.5 Å². The number of aliphatic carboxylic acids is 1. The van der Waals surface area contributed by atoms with Crippen molar-refractivity contribution in [1.29, 1.82) is 0 Å². The van der Waals surface area contributed by atoms with Crippen LogP contribution in [0.4, 0.5) is 0 Å². The van der Waals surface area contributed by atoms with Gasteiger partial charge in [-0.05, 0) is 6.54 Å². The third-order valence-corrected chi connectivity index (χ3v) is 1.90. The predicted molar refractivity (Wildman–Crippen MR) is 57.7 cm³/mol. The van der Waals surface area contributed by atoms with Gasteiger partial charge in [0.15, 0.2) is 0 Å². The molecule has 0 aliphatic carbocycles. The fraction of sp³-hybridized carbons (Fsp3) is 0.500. The molecule has 0 rings (SSSR count).